The van der Waals surface area contributed by atoms with E-state index in [0.717, 1.165) is 6.07 Å². The lowest BCUT2D eigenvalue weighted by atomic mass is 10.0. The predicted octanol–water partition coefficient (Wildman–Crippen LogP) is 4.10. The Bertz CT molecular complexity index is 561. The van der Waals surface area contributed by atoms with Gasteiger partial charge in [0.1, 0.15) is 11.6 Å². The van der Waals surface area contributed by atoms with Crippen LogP contribution in [-0.4, -0.2) is 6.29 Å². The highest BCUT2D eigenvalue weighted by molar-refractivity contribution is 6.30. The topological polar surface area (TPSA) is 17.1 Å². The average molecular weight is 253 g/mol. The highest BCUT2D eigenvalue weighted by Crippen LogP contribution is 2.25. The van der Waals surface area contributed by atoms with Crippen LogP contribution in [0.15, 0.2) is 36.4 Å². The van der Waals surface area contributed by atoms with Crippen LogP contribution in [0, 0.1) is 11.6 Å². The molecule has 0 unspecified atom stereocenters. The van der Waals surface area contributed by atoms with Gasteiger partial charge in [-0.2, -0.15) is 0 Å². The molecule has 2 rings (SSSR count). The number of carbonyl (C=O) groups is 1. The molecule has 0 aliphatic carbocycles. The van der Waals surface area contributed by atoms with E-state index in [4.69, 9.17) is 11.6 Å². The Morgan fingerprint density at radius 3 is 2.41 bits per heavy atom. The van der Waals surface area contributed by atoms with Gasteiger partial charge < -0.3 is 0 Å². The maximum absolute atomic E-state index is 13.1. The molecular weight excluding hydrogens is 246 g/mol. The predicted molar refractivity (Wildman–Crippen MR) is 62.2 cm³/mol. The van der Waals surface area contributed by atoms with E-state index in [1.807, 2.05) is 0 Å². The third-order valence-electron chi connectivity index (χ3n) is 2.32. The van der Waals surface area contributed by atoms with Crippen molar-refractivity contribution in [2.45, 2.75) is 0 Å². The van der Waals surface area contributed by atoms with Gasteiger partial charge in [-0.3, -0.25) is 4.79 Å². The monoisotopic (exact) mass is 252 g/mol. The molecule has 17 heavy (non-hydrogen) atoms. The minimum Gasteiger partial charge on any atom is -0.298 e. The van der Waals surface area contributed by atoms with E-state index in [1.54, 1.807) is 6.07 Å². The fourth-order valence-corrected chi connectivity index (χ4v) is 1.76. The summed E-state index contributed by atoms with van der Waals surface area (Å²) in [5.74, 6) is -1.09. The normalized spacial score (nSPS) is 10.3. The van der Waals surface area contributed by atoms with Crippen molar-refractivity contribution in [2.24, 2.45) is 0 Å². The second-order valence-corrected chi connectivity index (χ2v) is 3.95. The van der Waals surface area contributed by atoms with Gasteiger partial charge in [0.15, 0.2) is 6.29 Å². The SMILES string of the molecule is O=Cc1cc(-c2cc(F)cc(Cl)c2)ccc1F. The van der Waals surface area contributed by atoms with Crippen LogP contribution in [0.3, 0.4) is 0 Å². The van der Waals surface area contributed by atoms with E-state index in [9.17, 15) is 13.6 Å². The van der Waals surface area contributed by atoms with Gasteiger partial charge in [0.05, 0.1) is 5.56 Å². The summed E-state index contributed by atoms with van der Waals surface area (Å²) in [5.41, 5.74) is 0.968. The molecule has 0 spiro atoms. The summed E-state index contributed by atoms with van der Waals surface area (Å²) in [6.07, 6.45) is 0.416. The van der Waals surface area contributed by atoms with Gasteiger partial charge in [-0.05, 0) is 41.5 Å². The molecule has 86 valence electrons. The number of carbonyl (C=O) groups excluding carboxylic acids is 1. The first-order chi connectivity index (χ1) is 8.10. The fourth-order valence-electron chi connectivity index (χ4n) is 1.53. The van der Waals surface area contributed by atoms with E-state index >= 15 is 0 Å². The van der Waals surface area contributed by atoms with Crippen LogP contribution in [0.2, 0.25) is 5.02 Å². The molecule has 0 aliphatic heterocycles. The van der Waals surface area contributed by atoms with Gasteiger partial charge in [-0.25, -0.2) is 8.78 Å². The highest BCUT2D eigenvalue weighted by atomic mass is 35.5. The van der Waals surface area contributed by atoms with Crippen molar-refractivity contribution in [1.29, 1.82) is 0 Å². The van der Waals surface area contributed by atoms with Crippen LogP contribution in [0.4, 0.5) is 8.78 Å². The number of aldehydes is 1. The number of rotatable bonds is 2. The molecule has 0 radical (unpaired) electrons. The molecule has 0 aromatic heterocycles. The van der Waals surface area contributed by atoms with E-state index in [2.05, 4.69) is 0 Å². The van der Waals surface area contributed by atoms with Crippen LogP contribution in [0.1, 0.15) is 10.4 Å². The molecule has 0 N–H and O–H groups in total. The van der Waals surface area contributed by atoms with Gasteiger partial charge in [-0.1, -0.05) is 17.7 Å². The lowest BCUT2D eigenvalue weighted by Gasteiger charge is -2.04. The number of hydrogen-bond acceptors (Lipinski definition) is 1. The van der Waals surface area contributed by atoms with Crippen molar-refractivity contribution in [3.63, 3.8) is 0 Å². The summed E-state index contributed by atoms with van der Waals surface area (Å²) in [4.78, 5) is 10.6. The number of benzene rings is 2. The zero-order valence-electron chi connectivity index (χ0n) is 8.58. The number of hydrogen-bond donors (Lipinski definition) is 0. The van der Waals surface area contributed by atoms with Crippen LogP contribution >= 0.6 is 11.6 Å². The van der Waals surface area contributed by atoms with Gasteiger partial charge in [0, 0.05) is 5.02 Å². The third kappa shape index (κ3) is 2.50. The van der Waals surface area contributed by atoms with Crippen LogP contribution in [0.25, 0.3) is 11.1 Å². The maximum Gasteiger partial charge on any atom is 0.153 e. The Hall–Kier alpha value is -1.74. The molecular formula is C13H7ClF2O. The molecule has 0 heterocycles. The Labute approximate surface area is 102 Å². The van der Waals surface area contributed by atoms with Gasteiger partial charge in [0.2, 0.25) is 0 Å². The van der Waals surface area contributed by atoms with E-state index in [1.165, 1.54) is 24.3 Å². The number of halogens is 3. The van der Waals surface area contributed by atoms with Gasteiger partial charge >= 0.3 is 0 Å². The van der Waals surface area contributed by atoms with Crippen molar-refractivity contribution < 1.29 is 13.6 Å². The van der Waals surface area contributed by atoms with Crippen LogP contribution in [-0.2, 0) is 0 Å². The molecule has 0 fully saturated rings. The smallest absolute Gasteiger partial charge is 0.153 e. The van der Waals surface area contributed by atoms with E-state index in [0.29, 0.717) is 17.4 Å². The van der Waals surface area contributed by atoms with E-state index < -0.39 is 11.6 Å². The van der Waals surface area contributed by atoms with Crippen LogP contribution < -0.4 is 0 Å². The fraction of sp³-hybridized carbons (Fsp3) is 0. The van der Waals surface area contributed by atoms with Crippen molar-refractivity contribution in [1.82, 2.24) is 0 Å². The molecule has 4 heteroatoms. The Morgan fingerprint density at radius 1 is 1.00 bits per heavy atom. The lowest BCUT2D eigenvalue weighted by molar-refractivity contribution is 0.112. The highest BCUT2D eigenvalue weighted by Gasteiger charge is 2.06. The summed E-state index contributed by atoms with van der Waals surface area (Å²) in [6.45, 7) is 0. The minimum absolute atomic E-state index is 0.0668. The second kappa shape index (κ2) is 4.63. The summed E-state index contributed by atoms with van der Waals surface area (Å²) < 4.78 is 26.3. The summed E-state index contributed by atoms with van der Waals surface area (Å²) in [5, 5.41) is 0.247. The first kappa shape index (κ1) is 11.7. The summed E-state index contributed by atoms with van der Waals surface area (Å²) in [6, 6.07) is 7.98. The zero-order valence-corrected chi connectivity index (χ0v) is 9.34. The summed E-state index contributed by atoms with van der Waals surface area (Å²) >= 11 is 5.72. The molecule has 0 saturated carbocycles. The molecule has 2 aromatic carbocycles. The molecule has 0 aliphatic rings. The van der Waals surface area contributed by atoms with Gasteiger partial charge in [-0.15, -0.1) is 0 Å². The minimum atomic E-state index is -0.605. The molecule has 0 saturated heterocycles. The second-order valence-electron chi connectivity index (χ2n) is 3.51. The first-order valence-corrected chi connectivity index (χ1v) is 5.19. The summed E-state index contributed by atoms with van der Waals surface area (Å²) in [7, 11) is 0. The molecule has 0 amide bonds. The molecule has 0 atom stereocenters. The first-order valence-electron chi connectivity index (χ1n) is 4.81. The maximum atomic E-state index is 13.1. The largest absolute Gasteiger partial charge is 0.298 e. The Morgan fingerprint density at radius 2 is 1.76 bits per heavy atom. The standard InChI is InChI=1S/C13H7ClF2O/c14-11-4-9(5-12(15)6-11)8-1-2-13(16)10(3-8)7-17/h1-7H. The van der Waals surface area contributed by atoms with Crippen molar-refractivity contribution in [3.05, 3.63) is 58.6 Å². The van der Waals surface area contributed by atoms with E-state index in [-0.39, 0.29) is 10.6 Å². The molecule has 0 bridgehead atoms. The van der Waals surface area contributed by atoms with Gasteiger partial charge in [0.25, 0.3) is 0 Å². The zero-order chi connectivity index (χ0) is 12.4. The quantitative estimate of drug-likeness (QED) is 0.736. The molecule has 2 aromatic rings. The van der Waals surface area contributed by atoms with Crippen molar-refractivity contribution in [2.75, 3.05) is 0 Å². The Balaban J connectivity index is 2.56. The Kier molecular flexibility index (Phi) is 3.20. The van der Waals surface area contributed by atoms with Crippen molar-refractivity contribution in [3.8, 4) is 11.1 Å². The van der Waals surface area contributed by atoms with Crippen molar-refractivity contribution >= 4 is 17.9 Å². The third-order valence-corrected chi connectivity index (χ3v) is 2.54. The average Bonchev–Trinajstić information content (AvgIpc) is 2.28. The molecule has 1 nitrogen and oxygen atoms in total. The lowest BCUT2D eigenvalue weighted by Crippen LogP contribution is -1.89. The van der Waals surface area contributed by atoms with Crippen LogP contribution in [0.5, 0.6) is 0 Å².